The van der Waals surface area contributed by atoms with Gasteiger partial charge in [0.25, 0.3) is 5.91 Å². The lowest BCUT2D eigenvalue weighted by atomic mass is 9.95. The molecule has 3 aromatic carbocycles. The van der Waals surface area contributed by atoms with E-state index >= 15 is 0 Å². The van der Waals surface area contributed by atoms with Crippen LogP contribution < -0.4 is 5.32 Å². The van der Waals surface area contributed by atoms with Crippen molar-refractivity contribution in [2.45, 2.75) is 13.0 Å². The number of carbonyl (C=O) groups excluding carboxylic acids is 2. The highest BCUT2D eigenvalue weighted by Crippen LogP contribution is 2.43. The summed E-state index contributed by atoms with van der Waals surface area (Å²) in [5, 5.41) is 4.56. The molecule has 2 amide bonds. The van der Waals surface area contributed by atoms with Gasteiger partial charge in [0.15, 0.2) is 0 Å². The first-order valence-corrected chi connectivity index (χ1v) is 10.8. The second kappa shape index (κ2) is 7.84. The lowest BCUT2D eigenvalue weighted by Crippen LogP contribution is -2.36. The predicted molar refractivity (Wildman–Crippen MR) is 127 cm³/mol. The molecule has 0 fully saturated rings. The first-order valence-electron chi connectivity index (χ1n) is 10.4. The Morgan fingerprint density at radius 1 is 1.00 bits per heavy atom. The van der Waals surface area contributed by atoms with Crippen molar-refractivity contribution in [3.8, 4) is 0 Å². The Balaban J connectivity index is 1.56. The van der Waals surface area contributed by atoms with E-state index in [0.717, 1.165) is 27.7 Å². The summed E-state index contributed by atoms with van der Waals surface area (Å²) in [6, 6.07) is 22.4. The van der Waals surface area contributed by atoms with Crippen LogP contribution in [0.1, 0.15) is 33.2 Å². The Morgan fingerprint density at radius 2 is 1.69 bits per heavy atom. The lowest BCUT2D eigenvalue weighted by Gasteiger charge is -2.26. The molecule has 1 N–H and O–H groups in total. The van der Waals surface area contributed by atoms with Gasteiger partial charge in [-0.25, -0.2) is 0 Å². The molecule has 5 nitrogen and oxygen atoms in total. The van der Waals surface area contributed by atoms with Crippen LogP contribution in [0.2, 0.25) is 5.02 Å². The Morgan fingerprint density at radius 3 is 2.47 bits per heavy atom. The van der Waals surface area contributed by atoms with Gasteiger partial charge in [0, 0.05) is 45.5 Å². The van der Waals surface area contributed by atoms with Crippen LogP contribution in [-0.4, -0.2) is 27.8 Å². The van der Waals surface area contributed by atoms with Crippen LogP contribution in [0, 0.1) is 6.92 Å². The highest BCUT2D eigenvalue weighted by atomic mass is 35.5. The van der Waals surface area contributed by atoms with Gasteiger partial charge in [-0.1, -0.05) is 48.0 Å². The van der Waals surface area contributed by atoms with E-state index in [-0.39, 0.29) is 24.4 Å². The molecule has 5 rings (SSSR count). The third kappa shape index (κ3) is 3.26. The molecular weight excluding hydrogens is 422 g/mol. The summed E-state index contributed by atoms with van der Waals surface area (Å²) < 4.78 is 2.14. The number of fused-ring (bicyclic) bond motifs is 2. The number of aryl methyl sites for hydroxylation is 1. The number of halogens is 1. The zero-order chi connectivity index (χ0) is 22.4. The van der Waals surface area contributed by atoms with E-state index in [1.165, 1.54) is 0 Å². The minimum Gasteiger partial charge on any atom is -0.348 e. The van der Waals surface area contributed by atoms with Gasteiger partial charge < -0.3 is 14.8 Å². The SMILES string of the molecule is Cc1c(C2c3ccccc3C(=O)N2CC(=O)Nc2ccc(Cl)cc2)c2ccccc2n1C. The van der Waals surface area contributed by atoms with Crippen molar-refractivity contribution in [3.05, 3.63) is 100 Å². The maximum absolute atomic E-state index is 13.4. The third-order valence-electron chi connectivity index (χ3n) is 6.22. The summed E-state index contributed by atoms with van der Waals surface area (Å²) in [5.74, 6) is -0.388. The summed E-state index contributed by atoms with van der Waals surface area (Å²) in [4.78, 5) is 28.0. The van der Waals surface area contributed by atoms with Gasteiger partial charge in [0.1, 0.15) is 6.54 Å². The Kier molecular flexibility index (Phi) is 4.98. The topological polar surface area (TPSA) is 54.3 Å². The van der Waals surface area contributed by atoms with E-state index in [1.807, 2.05) is 43.4 Å². The van der Waals surface area contributed by atoms with E-state index in [4.69, 9.17) is 11.6 Å². The van der Waals surface area contributed by atoms with Crippen LogP contribution in [0.25, 0.3) is 10.9 Å². The number of para-hydroxylation sites is 1. The summed E-state index contributed by atoms with van der Waals surface area (Å²) in [6.07, 6.45) is 0. The van der Waals surface area contributed by atoms with Gasteiger partial charge in [-0.3, -0.25) is 9.59 Å². The average molecular weight is 444 g/mol. The smallest absolute Gasteiger partial charge is 0.255 e. The maximum atomic E-state index is 13.4. The number of benzene rings is 3. The Hall–Kier alpha value is -3.57. The van der Waals surface area contributed by atoms with E-state index in [2.05, 4.69) is 28.9 Å². The molecule has 0 saturated carbocycles. The van der Waals surface area contributed by atoms with Crippen LogP contribution in [0.3, 0.4) is 0 Å². The monoisotopic (exact) mass is 443 g/mol. The van der Waals surface area contributed by atoms with E-state index in [9.17, 15) is 9.59 Å². The Labute approximate surface area is 191 Å². The number of nitrogens with one attached hydrogen (secondary N) is 1. The summed E-state index contributed by atoms with van der Waals surface area (Å²) >= 11 is 5.94. The van der Waals surface area contributed by atoms with Gasteiger partial charge in [-0.2, -0.15) is 0 Å². The number of rotatable bonds is 4. The molecule has 2 heterocycles. The molecule has 6 heteroatoms. The largest absolute Gasteiger partial charge is 0.348 e. The van der Waals surface area contributed by atoms with Gasteiger partial charge in [-0.05, 0) is 48.9 Å². The normalized spacial score (nSPS) is 15.3. The van der Waals surface area contributed by atoms with Crippen molar-refractivity contribution in [3.63, 3.8) is 0 Å². The molecule has 32 heavy (non-hydrogen) atoms. The van der Waals surface area contributed by atoms with E-state index in [0.29, 0.717) is 16.3 Å². The highest BCUT2D eigenvalue weighted by molar-refractivity contribution is 6.30. The summed E-state index contributed by atoms with van der Waals surface area (Å²) in [5.41, 5.74) is 5.44. The molecule has 1 atom stereocenters. The van der Waals surface area contributed by atoms with E-state index < -0.39 is 0 Å². The molecule has 0 aliphatic carbocycles. The average Bonchev–Trinajstić information content (AvgIpc) is 3.21. The first kappa shape index (κ1) is 20.3. The highest BCUT2D eigenvalue weighted by Gasteiger charge is 2.40. The Bertz CT molecular complexity index is 1360. The van der Waals surface area contributed by atoms with Crippen molar-refractivity contribution >= 4 is 40.0 Å². The molecule has 1 unspecified atom stereocenters. The molecule has 0 bridgehead atoms. The zero-order valence-electron chi connectivity index (χ0n) is 17.8. The van der Waals surface area contributed by atoms with Gasteiger partial charge in [0.05, 0.1) is 6.04 Å². The van der Waals surface area contributed by atoms with Crippen LogP contribution in [0.4, 0.5) is 5.69 Å². The van der Waals surface area contributed by atoms with Gasteiger partial charge >= 0.3 is 0 Å². The first-order chi connectivity index (χ1) is 15.5. The van der Waals surface area contributed by atoms with Crippen molar-refractivity contribution in [1.82, 2.24) is 9.47 Å². The predicted octanol–water partition coefficient (Wildman–Crippen LogP) is 5.32. The number of nitrogens with zero attached hydrogens (tertiary/aromatic N) is 2. The van der Waals surface area contributed by atoms with Gasteiger partial charge in [0.2, 0.25) is 5.91 Å². The number of hydrogen-bond donors (Lipinski definition) is 1. The fourth-order valence-electron chi connectivity index (χ4n) is 4.63. The van der Waals surface area contributed by atoms with Crippen LogP contribution in [0.5, 0.6) is 0 Å². The van der Waals surface area contributed by atoms with Crippen LogP contribution in [0.15, 0.2) is 72.8 Å². The summed E-state index contributed by atoms with van der Waals surface area (Å²) in [7, 11) is 2.03. The van der Waals surface area contributed by atoms with Crippen molar-refractivity contribution < 1.29 is 9.59 Å². The standard InChI is InChI=1S/C26H22ClN3O2/c1-16-24(21-9-5-6-10-22(21)29(16)2)25-19-7-3-4-8-20(19)26(32)30(25)15-23(31)28-18-13-11-17(27)12-14-18/h3-14,25H,15H2,1-2H3,(H,28,31). The third-order valence-corrected chi connectivity index (χ3v) is 6.47. The number of amides is 2. The molecule has 4 aromatic rings. The maximum Gasteiger partial charge on any atom is 0.255 e. The van der Waals surface area contributed by atoms with Crippen molar-refractivity contribution in [2.75, 3.05) is 11.9 Å². The van der Waals surface area contributed by atoms with Crippen molar-refractivity contribution in [1.29, 1.82) is 0 Å². The quantitative estimate of drug-likeness (QED) is 0.464. The lowest BCUT2D eigenvalue weighted by molar-refractivity contribution is -0.117. The van der Waals surface area contributed by atoms with E-state index in [1.54, 1.807) is 29.2 Å². The fraction of sp³-hybridized carbons (Fsp3) is 0.154. The molecular formula is C26H22ClN3O2. The van der Waals surface area contributed by atoms with Crippen LogP contribution in [-0.2, 0) is 11.8 Å². The zero-order valence-corrected chi connectivity index (χ0v) is 18.6. The number of carbonyl (C=O) groups is 2. The molecule has 0 spiro atoms. The minimum absolute atomic E-state index is 0.0521. The number of anilines is 1. The number of hydrogen-bond acceptors (Lipinski definition) is 2. The van der Waals surface area contributed by atoms with Gasteiger partial charge in [-0.15, -0.1) is 0 Å². The minimum atomic E-state index is -0.333. The molecule has 0 radical (unpaired) electrons. The fourth-order valence-corrected chi connectivity index (χ4v) is 4.75. The summed E-state index contributed by atoms with van der Waals surface area (Å²) in [6.45, 7) is 2.01. The second-order valence-electron chi connectivity index (χ2n) is 8.05. The number of aromatic nitrogens is 1. The molecule has 0 saturated heterocycles. The molecule has 1 aliphatic heterocycles. The second-order valence-corrected chi connectivity index (χ2v) is 8.49. The molecule has 1 aliphatic rings. The molecule has 1 aromatic heterocycles. The molecule has 160 valence electrons. The van der Waals surface area contributed by atoms with Crippen LogP contribution >= 0.6 is 11.6 Å². The van der Waals surface area contributed by atoms with Crippen molar-refractivity contribution in [2.24, 2.45) is 7.05 Å².